The van der Waals surface area contributed by atoms with E-state index in [2.05, 4.69) is 5.10 Å². The van der Waals surface area contributed by atoms with Gasteiger partial charge in [-0.3, -0.25) is 29.2 Å². The van der Waals surface area contributed by atoms with Crippen LogP contribution in [0.1, 0.15) is 47.7 Å². The van der Waals surface area contributed by atoms with Crippen molar-refractivity contribution in [3.63, 3.8) is 0 Å². The van der Waals surface area contributed by atoms with E-state index in [1.807, 2.05) is 73.5 Å². The lowest BCUT2D eigenvalue weighted by molar-refractivity contribution is -0.574. The van der Waals surface area contributed by atoms with E-state index in [1.165, 1.54) is 29.9 Å². The molecule has 4 atom stereocenters. The summed E-state index contributed by atoms with van der Waals surface area (Å²) in [7, 11) is 4.20. The summed E-state index contributed by atoms with van der Waals surface area (Å²) in [4.78, 5) is 66.7. The number of amides is 1. The van der Waals surface area contributed by atoms with Crippen LogP contribution < -0.4 is 15.9 Å². The molecule has 0 radical (unpaired) electrons. The molecule has 0 bridgehead atoms. The lowest BCUT2D eigenvalue weighted by Gasteiger charge is -2.48. The van der Waals surface area contributed by atoms with Gasteiger partial charge in [0.1, 0.15) is 17.4 Å². The van der Waals surface area contributed by atoms with E-state index in [1.54, 1.807) is 71.5 Å². The zero-order valence-corrected chi connectivity index (χ0v) is 33.8. The number of carbonyl (C=O) groups is 4. The fourth-order valence-electron chi connectivity index (χ4n) is 6.39. The largest absolute Gasteiger partial charge is 0.457 e. The number of esters is 2. The van der Waals surface area contributed by atoms with E-state index >= 15 is 0 Å². The summed E-state index contributed by atoms with van der Waals surface area (Å²) >= 11 is 1.00. The van der Waals surface area contributed by atoms with Gasteiger partial charge in [0.15, 0.2) is 0 Å². The number of hydrogen-bond donors (Lipinski definition) is 0. The SMILES string of the molecule is CCSSC(=O)SC1C(C(OC(C)=O)c2cnn(C)c2)C(=O)N1C=P(c1ccccc1)(c1ccccc1)c1ccc(C(=O)OC(c2ccccc2)[N+](=O)[O-])cc1. The van der Waals surface area contributed by atoms with Crippen LogP contribution in [0.4, 0.5) is 4.79 Å². The molecule has 4 unspecified atom stereocenters. The summed E-state index contributed by atoms with van der Waals surface area (Å²) in [5, 5.41) is 17.9. The zero-order chi connectivity index (χ0) is 39.8. The quantitative estimate of drug-likeness (QED) is 0.0217. The smallest absolute Gasteiger partial charge is 0.383 e. The van der Waals surface area contributed by atoms with Crippen LogP contribution in [-0.2, 0) is 26.1 Å². The van der Waals surface area contributed by atoms with Crippen LogP contribution in [0, 0.1) is 16.0 Å². The first-order valence-electron chi connectivity index (χ1n) is 17.4. The molecule has 0 N–H and O–H groups in total. The highest BCUT2D eigenvalue weighted by Gasteiger charge is 2.55. The Kier molecular flexibility index (Phi) is 13.2. The molecule has 0 saturated carbocycles. The standard InChI is InChI=1S/C40H37N4O8PS3/c1-4-54-56-40(48)55-38-34(35(51-27(2)45)30-24-41-42(3)25-30)36(46)43(38)26-53(31-16-10-6-11-17-31,32-18-12-7-13-19-32)33-22-20-29(21-23-33)39(47)52-37(44(49)50)28-14-8-5-9-15-28/h5-26,34-35,37-38H,4H2,1-3H3. The van der Waals surface area contributed by atoms with Crippen molar-refractivity contribution in [2.75, 3.05) is 5.75 Å². The Bertz CT molecular complexity index is 2220. The normalized spacial score (nSPS) is 16.3. The van der Waals surface area contributed by atoms with Crippen molar-refractivity contribution >= 4 is 84.4 Å². The van der Waals surface area contributed by atoms with E-state index in [0.29, 0.717) is 11.3 Å². The molecule has 1 aliphatic heterocycles. The average Bonchev–Trinajstić information content (AvgIpc) is 3.65. The van der Waals surface area contributed by atoms with Crippen molar-refractivity contribution in [2.45, 2.75) is 31.6 Å². The fourth-order valence-corrected chi connectivity index (χ4v) is 13.3. The van der Waals surface area contributed by atoms with E-state index in [-0.39, 0.29) is 21.5 Å². The zero-order valence-electron chi connectivity index (χ0n) is 30.4. The van der Waals surface area contributed by atoms with Gasteiger partial charge in [-0.1, -0.05) is 109 Å². The van der Waals surface area contributed by atoms with Gasteiger partial charge in [0.05, 0.1) is 22.2 Å². The fraction of sp³-hybridized carbons (Fsp3) is 0.200. The maximum absolute atomic E-state index is 14.6. The molecule has 0 spiro atoms. The molecule has 1 amide bonds. The second-order valence-corrected chi connectivity index (χ2v) is 19.6. The van der Waals surface area contributed by atoms with Crippen molar-refractivity contribution in [1.29, 1.82) is 0 Å². The molecule has 6 rings (SSSR count). The molecule has 1 aliphatic rings. The van der Waals surface area contributed by atoms with Gasteiger partial charge in [-0.25, -0.2) is 4.79 Å². The molecule has 2 heterocycles. The number of hydrogen-bond acceptors (Lipinski definition) is 12. The lowest BCUT2D eigenvalue weighted by Crippen LogP contribution is -2.61. The Morgan fingerprint density at radius 2 is 1.45 bits per heavy atom. The molecule has 1 saturated heterocycles. The second-order valence-electron chi connectivity index (χ2n) is 12.5. The highest BCUT2D eigenvalue weighted by Crippen LogP contribution is 2.51. The number of rotatable bonds is 14. The average molecular weight is 829 g/mol. The number of nitrogens with zero attached hydrogens (tertiary/aromatic N) is 4. The van der Waals surface area contributed by atoms with Crippen molar-refractivity contribution in [1.82, 2.24) is 14.7 Å². The topological polar surface area (TPSA) is 151 Å². The minimum Gasteiger partial charge on any atom is -0.457 e. The number of likely N-dealkylation sites (tertiary alicyclic amines) is 1. The molecule has 1 aromatic heterocycles. The van der Waals surface area contributed by atoms with Crippen LogP contribution in [0.3, 0.4) is 0 Å². The maximum atomic E-state index is 14.6. The third-order valence-corrected chi connectivity index (χ3v) is 16.6. The van der Waals surface area contributed by atoms with Crippen LogP contribution >= 0.6 is 40.2 Å². The maximum Gasteiger partial charge on any atom is 0.383 e. The predicted molar refractivity (Wildman–Crippen MR) is 223 cm³/mol. The third-order valence-electron chi connectivity index (χ3n) is 8.88. The minimum atomic E-state index is -2.95. The number of thioether (sulfide) groups is 1. The number of nitro groups is 1. The molecule has 1 fully saturated rings. The van der Waals surface area contributed by atoms with Gasteiger partial charge in [0.2, 0.25) is 5.91 Å². The van der Waals surface area contributed by atoms with Gasteiger partial charge >= 0.3 is 18.2 Å². The number of aryl methyl sites for hydroxylation is 1. The first-order valence-corrected chi connectivity index (χ1v) is 22.4. The highest BCUT2D eigenvalue weighted by molar-refractivity contribution is 8.85. The van der Waals surface area contributed by atoms with Gasteiger partial charge in [0.25, 0.3) is 4.45 Å². The van der Waals surface area contributed by atoms with E-state index in [9.17, 15) is 29.3 Å². The molecular formula is C40H37N4O8PS3. The summed E-state index contributed by atoms with van der Waals surface area (Å²) in [6.07, 6.45) is 0.530. The van der Waals surface area contributed by atoms with Gasteiger partial charge in [0, 0.05) is 37.4 Å². The van der Waals surface area contributed by atoms with Crippen molar-refractivity contribution in [3.8, 4) is 0 Å². The van der Waals surface area contributed by atoms with E-state index < -0.39 is 47.4 Å². The summed E-state index contributed by atoms with van der Waals surface area (Å²) < 4.78 is 12.5. The van der Waals surface area contributed by atoms with Crippen LogP contribution in [0.25, 0.3) is 0 Å². The number of carbonyl (C=O) groups excluding carboxylic acids is 4. The Hall–Kier alpha value is -5.08. The van der Waals surface area contributed by atoms with Crippen LogP contribution in [0.15, 0.2) is 128 Å². The second kappa shape index (κ2) is 18.2. The first kappa shape index (κ1) is 40.6. The number of β-lactam (4-membered cyclic amide) rings is 1. The molecule has 12 nitrogen and oxygen atoms in total. The van der Waals surface area contributed by atoms with Crippen LogP contribution in [0.2, 0.25) is 0 Å². The summed E-state index contributed by atoms with van der Waals surface area (Å²) in [6, 6.07) is 34.0. The van der Waals surface area contributed by atoms with Crippen molar-refractivity contribution < 1.29 is 33.6 Å². The molecular weight excluding hydrogens is 792 g/mol. The van der Waals surface area contributed by atoms with Gasteiger partial charge in [-0.05, 0) is 69.6 Å². The Morgan fingerprint density at radius 3 is 1.96 bits per heavy atom. The number of aromatic nitrogens is 2. The summed E-state index contributed by atoms with van der Waals surface area (Å²) in [5.74, 6) is -0.113. The number of benzene rings is 4. The predicted octanol–water partition coefficient (Wildman–Crippen LogP) is 6.95. The number of ether oxygens (including phenoxy) is 2. The molecule has 56 heavy (non-hydrogen) atoms. The molecule has 16 heteroatoms. The van der Waals surface area contributed by atoms with Crippen molar-refractivity contribution in [2.24, 2.45) is 13.0 Å². The summed E-state index contributed by atoms with van der Waals surface area (Å²) in [6.45, 7) is 0.269. The highest BCUT2D eigenvalue weighted by atomic mass is 33.1. The van der Waals surface area contributed by atoms with Gasteiger partial charge < -0.3 is 14.4 Å². The van der Waals surface area contributed by atoms with Gasteiger partial charge in [-0.15, -0.1) is 0 Å². The minimum absolute atomic E-state index is 0.0982. The van der Waals surface area contributed by atoms with Crippen LogP contribution in [-0.4, -0.2) is 58.9 Å². The Labute approximate surface area is 335 Å². The summed E-state index contributed by atoms with van der Waals surface area (Å²) in [5.41, 5.74) is 0.848. The van der Waals surface area contributed by atoms with Crippen molar-refractivity contribution in [3.05, 3.63) is 154 Å². The third kappa shape index (κ3) is 8.81. The Morgan fingerprint density at radius 1 is 0.875 bits per heavy atom. The molecule has 4 aromatic carbocycles. The molecule has 5 aromatic rings. The molecule has 0 aliphatic carbocycles. The monoisotopic (exact) mass is 828 g/mol. The lowest BCUT2D eigenvalue weighted by atomic mass is 9.89. The molecule has 288 valence electrons. The first-order chi connectivity index (χ1) is 27.0. The van der Waals surface area contributed by atoms with Crippen LogP contribution in [0.5, 0.6) is 0 Å². The van der Waals surface area contributed by atoms with Gasteiger partial charge in [-0.2, -0.15) is 5.10 Å². The Balaban J connectivity index is 1.48. The van der Waals surface area contributed by atoms with E-state index in [4.69, 9.17) is 9.47 Å². The van der Waals surface area contributed by atoms with E-state index in [0.717, 1.165) is 38.5 Å².